The van der Waals surface area contributed by atoms with Gasteiger partial charge in [0.15, 0.2) is 0 Å². The van der Waals surface area contributed by atoms with Crippen LogP contribution in [-0.4, -0.2) is 28.8 Å². The molecule has 0 fully saturated rings. The molecule has 0 aromatic rings. The lowest BCUT2D eigenvalue weighted by molar-refractivity contribution is 0.0642. The van der Waals surface area contributed by atoms with Crippen LogP contribution in [0.3, 0.4) is 0 Å². The van der Waals surface area contributed by atoms with Crippen LogP contribution in [0.15, 0.2) is 0 Å². The molecular formula is C7H18O3Si. The van der Waals surface area contributed by atoms with E-state index in [0.29, 0.717) is 0 Å². The summed E-state index contributed by atoms with van der Waals surface area (Å²) in [7, 11) is -0.202. The smallest absolute Gasteiger partial charge is 0.379 e. The summed E-state index contributed by atoms with van der Waals surface area (Å²) in [5, 5.41) is 0. The Hall–Kier alpha value is 0.0969. The van der Waals surface area contributed by atoms with Gasteiger partial charge in [-0.25, -0.2) is 0 Å². The van der Waals surface area contributed by atoms with Crippen molar-refractivity contribution in [3.63, 3.8) is 0 Å². The highest BCUT2D eigenvalue weighted by atomic mass is 28.3. The van der Waals surface area contributed by atoms with Gasteiger partial charge < -0.3 is 13.3 Å². The van der Waals surface area contributed by atoms with Gasteiger partial charge in [0.05, 0.1) is 0 Å². The van der Waals surface area contributed by atoms with Gasteiger partial charge in [-0.05, 0) is 27.7 Å². The van der Waals surface area contributed by atoms with Crippen molar-refractivity contribution >= 4 is 9.53 Å². The highest BCUT2D eigenvalue weighted by Crippen LogP contribution is 1.99. The van der Waals surface area contributed by atoms with E-state index in [9.17, 15) is 0 Å². The summed E-state index contributed by atoms with van der Waals surface area (Å²) in [5.74, 6) is 0. The van der Waals surface area contributed by atoms with Crippen molar-refractivity contribution in [3.05, 3.63) is 0 Å². The van der Waals surface area contributed by atoms with Gasteiger partial charge in [0.2, 0.25) is 0 Å². The third-order valence-electron chi connectivity index (χ3n) is 0.959. The summed E-state index contributed by atoms with van der Waals surface area (Å²) in [5.41, 5.74) is 0. The first kappa shape index (κ1) is 11.1. The molecule has 0 atom stereocenters. The van der Waals surface area contributed by atoms with Crippen LogP contribution in [0.4, 0.5) is 0 Å². The maximum atomic E-state index is 5.40. The molecule has 68 valence electrons. The lowest BCUT2D eigenvalue weighted by atomic mass is 10.5. The van der Waals surface area contributed by atoms with Crippen molar-refractivity contribution in [2.24, 2.45) is 0 Å². The van der Waals surface area contributed by atoms with Crippen molar-refractivity contribution in [2.75, 3.05) is 7.11 Å². The Kier molecular flexibility index (Phi) is 5.76. The van der Waals surface area contributed by atoms with E-state index in [1.165, 1.54) is 0 Å². The normalized spacial score (nSPS) is 12.0. The zero-order valence-corrected chi connectivity index (χ0v) is 9.11. The molecule has 0 spiro atoms. The van der Waals surface area contributed by atoms with Crippen LogP contribution in [-0.2, 0) is 13.3 Å². The standard InChI is InChI=1S/C7H18O3Si/c1-6(2)9-11(8-5)10-7(3)4/h6-7,11H,1-5H3. The molecule has 0 rings (SSSR count). The molecule has 0 saturated carbocycles. The second kappa shape index (κ2) is 5.71. The maximum Gasteiger partial charge on any atom is 0.484 e. The lowest BCUT2D eigenvalue weighted by Crippen LogP contribution is -2.31. The van der Waals surface area contributed by atoms with Crippen molar-refractivity contribution in [2.45, 2.75) is 39.9 Å². The molecule has 11 heavy (non-hydrogen) atoms. The molecule has 0 bridgehead atoms. The summed E-state index contributed by atoms with van der Waals surface area (Å²) in [6, 6.07) is 0. The van der Waals surface area contributed by atoms with Gasteiger partial charge in [-0.2, -0.15) is 0 Å². The Morgan fingerprint density at radius 2 is 1.27 bits per heavy atom. The van der Waals surface area contributed by atoms with Crippen LogP contribution in [0.5, 0.6) is 0 Å². The fourth-order valence-electron chi connectivity index (χ4n) is 0.588. The van der Waals surface area contributed by atoms with Crippen molar-refractivity contribution in [1.29, 1.82) is 0 Å². The van der Waals surface area contributed by atoms with Crippen LogP contribution >= 0.6 is 0 Å². The molecule has 0 aliphatic rings. The average molecular weight is 178 g/mol. The lowest BCUT2D eigenvalue weighted by Gasteiger charge is -2.18. The minimum Gasteiger partial charge on any atom is -0.379 e. The van der Waals surface area contributed by atoms with E-state index in [1.54, 1.807) is 7.11 Å². The van der Waals surface area contributed by atoms with Crippen LogP contribution in [0.25, 0.3) is 0 Å². The molecule has 0 aromatic heterocycles. The third kappa shape index (κ3) is 6.49. The minimum absolute atomic E-state index is 0.186. The molecule has 0 N–H and O–H groups in total. The molecule has 0 radical (unpaired) electrons. The molecule has 0 heterocycles. The highest BCUT2D eigenvalue weighted by Gasteiger charge is 2.16. The van der Waals surface area contributed by atoms with E-state index in [-0.39, 0.29) is 12.2 Å². The van der Waals surface area contributed by atoms with Crippen LogP contribution in [0.1, 0.15) is 27.7 Å². The molecular weight excluding hydrogens is 160 g/mol. The minimum atomic E-state index is -1.83. The quantitative estimate of drug-likeness (QED) is 0.592. The van der Waals surface area contributed by atoms with Gasteiger partial charge in [0.25, 0.3) is 0 Å². The Balaban J connectivity index is 3.58. The van der Waals surface area contributed by atoms with Crippen LogP contribution in [0, 0.1) is 0 Å². The maximum absolute atomic E-state index is 5.40. The molecule has 0 aromatic carbocycles. The summed E-state index contributed by atoms with van der Waals surface area (Å²) in [6.07, 6.45) is 0.371. The van der Waals surface area contributed by atoms with Crippen molar-refractivity contribution in [3.8, 4) is 0 Å². The summed E-state index contributed by atoms with van der Waals surface area (Å²) in [4.78, 5) is 0. The number of hydrogen-bond acceptors (Lipinski definition) is 3. The van der Waals surface area contributed by atoms with E-state index in [4.69, 9.17) is 13.3 Å². The Morgan fingerprint density at radius 1 is 0.909 bits per heavy atom. The zero-order chi connectivity index (χ0) is 8.85. The molecule has 4 heteroatoms. The predicted molar refractivity (Wildman–Crippen MR) is 46.6 cm³/mol. The SMILES string of the molecule is CO[SiH](OC(C)C)OC(C)C. The van der Waals surface area contributed by atoms with Gasteiger partial charge in [0, 0.05) is 19.3 Å². The molecule has 0 saturated heterocycles. The first-order valence-electron chi connectivity index (χ1n) is 3.90. The van der Waals surface area contributed by atoms with E-state index in [1.807, 2.05) is 27.7 Å². The largest absolute Gasteiger partial charge is 0.484 e. The first-order valence-corrected chi connectivity index (χ1v) is 5.31. The van der Waals surface area contributed by atoms with E-state index < -0.39 is 9.53 Å². The second-order valence-electron chi connectivity index (χ2n) is 2.89. The Morgan fingerprint density at radius 3 is 1.45 bits per heavy atom. The van der Waals surface area contributed by atoms with Gasteiger partial charge in [0.1, 0.15) is 0 Å². The fraction of sp³-hybridized carbons (Fsp3) is 1.00. The van der Waals surface area contributed by atoms with Gasteiger partial charge >= 0.3 is 9.53 Å². The van der Waals surface area contributed by atoms with Gasteiger partial charge in [-0.3, -0.25) is 0 Å². The number of hydrogen-bond donors (Lipinski definition) is 0. The zero-order valence-electron chi connectivity index (χ0n) is 7.96. The molecule has 0 aliphatic carbocycles. The predicted octanol–water partition coefficient (Wildman–Crippen LogP) is 1.20. The summed E-state index contributed by atoms with van der Waals surface area (Å²) in [6.45, 7) is 7.90. The Bertz CT molecular complexity index is 85.7. The average Bonchev–Trinajstić information content (AvgIpc) is 1.84. The second-order valence-corrected chi connectivity index (χ2v) is 4.49. The van der Waals surface area contributed by atoms with Gasteiger partial charge in [-0.15, -0.1) is 0 Å². The molecule has 0 unspecified atom stereocenters. The van der Waals surface area contributed by atoms with E-state index in [0.717, 1.165) is 0 Å². The summed E-state index contributed by atoms with van der Waals surface area (Å²) >= 11 is 0. The summed E-state index contributed by atoms with van der Waals surface area (Å²) < 4.78 is 15.9. The van der Waals surface area contributed by atoms with Crippen molar-refractivity contribution < 1.29 is 13.3 Å². The topological polar surface area (TPSA) is 27.7 Å². The molecule has 3 nitrogen and oxygen atoms in total. The van der Waals surface area contributed by atoms with Gasteiger partial charge in [-0.1, -0.05) is 0 Å². The van der Waals surface area contributed by atoms with E-state index in [2.05, 4.69) is 0 Å². The number of rotatable bonds is 5. The van der Waals surface area contributed by atoms with Crippen LogP contribution in [0.2, 0.25) is 0 Å². The first-order chi connectivity index (χ1) is 5.06. The molecule has 0 aliphatic heterocycles. The van der Waals surface area contributed by atoms with Crippen LogP contribution < -0.4 is 0 Å². The molecule has 0 amide bonds. The third-order valence-corrected chi connectivity index (χ3v) is 2.88. The highest BCUT2D eigenvalue weighted by molar-refractivity contribution is 6.36. The van der Waals surface area contributed by atoms with Crippen molar-refractivity contribution in [1.82, 2.24) is 0 Å². The fourth-order valence-corrected chi connectivity index (χ4v) is 1.76. The Labute approximate surface area is 70.6 Å². The monoisotopic (exact) mass is 178 g/mol. The van der Waals surface area contributed by atoms with E-state index >= 15 is 0 Å².